The molecular formula is C18H16F3N3O2S. The first-order chi connectivity index (χ1) is 12.6. The van der Waals surface area contributed by atoms with Crippen molar-refractivity contribution in [2.45, 2.75) is 23.5 Å². The van der Waals surface area contributed by atoms with Crippen LogP contribution in [-0.4, -0.2) is 36.9 Å². The zero-order valence-electron chi connectivity index (χ0n) is 14.2. The van der Waals surface area contributed by atoms with E-state index in [1.807, 2.05) is 0 Å². The van der Waals surface area contributed by atoms with E-state index >= 15 is 0 Å². The number of sulfone groups is 1. The van der Waals surface area contributed by atoms with Gasteiger partial charge in [-0.15, -0.1) is 0 Å². The van der Waals surface area contributed by atoms with E-state index < -0.39 is 22.1 Å². The fourth-order valence-corrected chi connectivity index (χ4v) is 3.29. The van der Waals surface area contributed by atoms with Crippen LogP contribution in [0.1, 0.15) is 5.56 Å². The molecule has 0 aliphatic carbocycles. The van der Waals surface area contributed by atoms with Crippen LogP contribution >= 0.6 is 0 Å². The summed E-state index contributed by atoms with van der Waals surface area (Å²) in [5.74, 6) is -0.0660. The second-order valence-electron chi connectivity index (χ2n) is 6.10. The molecule has 5 nitrogen and oxygen atoms in total. The van der Waals surface area contributed by atoms with Crippen LogP contribution in [0.5, 0.6) is 0 Å². The van der Waals surface area contributed by atoms with Crippen LogP contribution in [0.3, 0.4) is 0 Å². The van der Waals surface area contributed by atoms with Gasteiger partial charge in [0.05, 0.1) is 10.4 Å². The Morgan fingerprint density at radius 1 is 1.07 bits per heavy atom. The molecule has 1 heterocycles. The summed E-state index contributed by atoms with van der Waals surface area (Å²) in [6, 6.07) is 10.5. The summed E-state index contributed by atoms with van der Waals surface area (Å²) in [7, 11) is -3.52. The van der Waals surface area contributed by atoms with Crippen molar-refractivity contribution >= 4 is 26.6 Å². The molecule has 0 saturated heterocycles. The van der Waals surface area contributed by atoms with Gasteiger partial charge >= 0.3 is 6.18 Å². The number of halogens is 3. The van der Waals surface area contributed by atoms with Gasteiger partial charge in [-0.25, -0.2) is 18.4 Å². The number of fused-ring (bicyclic) bond motifs is 1. The van der Waals surface area contributed by atoms with Crippen molar-refractivity contribution in [1.82, 2.24) is 9.97 Å². The van der Waals surface area contributed by atoms with Gasteiger partial charge in [-0.1, -0.05) is 30.3 Å². The van der Waals surface area contributed by atoms with E-state index in [-0.39, 0.29) is 22.5 Å². The number of benzene rings is 2. The lowest BCUT2D eigenvalue weighted by Crippen LogP contribution is -2.38. The summed E-state index contributed by atoms with van der Waals surface area (Å²) in [5.41, 5.74) is 0.864. The minimum absolute atomic E-state index is 0.0144. The maximum absolute atomic E-state index is 13.6. The first-order valence-corrected chi connectivity index (χ1v) is 9.86. The molecule has 0 saturated carbocycles. The summed E-state index contributed by atoms with van der Waals surface area (Å²) in [6.45, 7) is 0. The molecule has 0 bridgehead atoms. The molecule has 9 heteroatoms. The fraction of sp³-hybridized carbons (Fsp3) is 0.222. The van der Waals surface area contributed by atoms with Crippen LogP contribution in [0.15, 0.2) is 59.8 Å². The number of hydrogen-bond acceptors (Lipinski definition) is 5. The van der Waals surface area contributed by atoms with Gasteiger partial charge in [-0.3, -0.25) is 0 Å². The van der Waals surface area contributed by atoms with Gasteiger partial charge in [-0.2, -0.15) is 13.2 Å². The van der Waals surface area contributed by atoms with Crippen molar-refractivity contribution < 1.29 is 21.6 Å². The predicted molar refractivity (Wildman–Crippen MR) is 96.3 cm³/mol. The monoisotopic (exact) mass is 395 g/mol. The number of hydrogen-bond donors (Lipinski definition) is 1. The topological polar surface area (TPSA) is 72.0 Å². The summed E-state index contributed by atoms with van der Waals surface area (Å²) < 4.78 is 64.2. The molecule has 0 amide bonds. The van der Waals surface area contributed by atoms with Gasteiger partial charge in [0.25, 0.3) is 0 Å². The highest BCUT2D eigenvalue weighted by Crippen LogP contribution is 2.29. The maximum Gasteiger partial charge on any atom is 0.408 e. The number of rotatable bonds is 5. The van der Waals surface area contributed by atoms with E-state index in [9.17, 15) is 21.6 Å². The van der Waals surface area contributed by atoms with Crippen LogP contribution in [0.4, 0.5) is 19.0 Å². The Bertz CT molecular complexity index is 1050. The molecule has 27 heavy (non-hydrogen) atoms. The SMILES string of the molecule is CS(=O)(=O)c1ccc2ncnc(NC(Cc3ccccc3)C(F)(F)F)c2c1. The molecule has 1 aromatic heterocycles. The lowest BCUT2D eigenvalue weighted by molar-refractivity contribution is -0.142. The van der Waals surface area contributed by atoms with Crippen LogP contribution < -0.4 is 5.32 Å². The Morgan fingerprint density at radius 2 is 1.78 bits per heavy atom. The van der Waals surface area contributed by atoms with Gasteiger partial charge in [-0.05, 0) is 23.8 Å². The molecule has 1 unspecified atom stereocenters. The predicted octanol–water partition coefficient (Wildman–Crippen LogP) is 3.62. The molecule has 2 aromatic carbocycles. The van der Waals surface area contributed by atoms with Crippen molar-refractivity contribution in [3.8, 4) is 0 Å². The largest absolute Gasteiger partial charge is 0.408 e. The van der Waals surface area contributed by atoms with Crippen molar-refractivity contribution in [3.63, 3.8) is 0 Å². The number of nitrogens with one attached hydrogen (secondary N) is 1. The van der Waals surface area contributed by atoms with E-state index in [0.29, 0.717) is 11.1 Å². The Kier molecular flexibility index (Phi) is 5.05. The van der Waals surface area contributed by atoms with Gasteiger partial charge in [0, 0.05) is 18.1 Å². The van der Waals surface area contributed by atoms with E-state index in [1.165, 1.54) is 18.2 Å². The van der Waals surface area contributed by atoms with Crippen molar-refractivity contribution in [1.29, 1.82) is 0 Å². The smallest absolute Gasteiger partial charge is 0.358 e. The Morgan fingerprint density at radius 3 is 2.41 bits per heavy atom. The normalized spacial score (nSPS) is 13.5. The maximum atomic E-state index is 13.6. The minimum atomic E-state index is -4.53. The first kappa shape index (κ1) is 19.1. The van der Waals surface area contributed by atoms with E-state index in [4.69, 9.17) is 0 Å². The van der Waals surface area contributed by atoms with Crippen molar-refractivity contribution in [3.05, 3.63) is 60.4 Å². The number of alkyl halides is 3. The molecule has 0 spiro atoms. The third-order valence-corrected chi connectivity index (χ3v) is 5.13. The molecule has 3 aromatic rings. The van der Waals surface area contributed by atoms with E-state index in [0.717, 1.165) is 12.6 Å². The highest BCUT2D eigenvalue weighted by molar-refractivity contribution is 7.90. The van der Waals surface area contributed by atoms with Crippen LogP contribution in [0, 0.1) is 0 Å². The lowest BCUT2D eigenvalue weighted by Gasteiger charge is -2.23. The van der Waals surface area contributed by atoms with Crippen LogP contribution in [0.2, 0.25) is 0 Å². The summed E-state index contributed by atoms with van der Waals surface area (Å²) in [4.78, 5) is 7.88. The first-order valence-electron chi connectivity index (χ1n) is 7.96. The van der Waals surface area contributed by atoms with Crippen LogP contribution in [0.25, 0.3) is 10.9 Å². The van der Waals surface area contributed by atoms with Gasteiger partial charge in [0.1, 0.15) is 18.2 Å². The number of anilines is 1. The second kappa shape index (κ2) is 7.15. The third kappa shape index (κ3) is 4.54. The Labute approximate surface area is 154 Å². The molecule has 1 N–H and O–H groups in total. The summed E-state index contributed by atoms with van der Waals surface area (Å²) in [6.07, 6.45) is -2.65. The van der Waals surface area contributed by atoms with Crippen LogP contribution in [-0.2, 0) is 16.3 Å². The van der Waals surface area contributed by atoms with Gasteiger partial charge in [0.2, 0.25) is 0 Å². The van der Waals surface area contributed by atoms with Crippen molar-refractivity contribution in [2.75, 3.05) is 11.6 Å². The average molecular weight is 395 g/mol. The summed E-state index contributed by atoms with van der Waals surface area (Å²) >= 11 is 0. The standard InChI is InChI=1S/C18H16F3N3O2S/c1-27(25,26)13-7-8-15-14(10-13)17(23-11-22-15)24-16(18(19,20)21)9-12-5-3-2-4-6-12/h2-8,10-11,16H,9H2,1H3,(H,22,23,24). The number of aromatic nitrogens is 2. The fourth-order valence-electron chi connectivity index (χ4n) is 2.64. The molecule has 0 fully saturated rings. The van der Waals surface area contributed by atoms with E-state index in [2.05, 4.69) is 15.3 Å². The number of nitrogens with zero attached hydrogens (tertiary/aromatic N) is 2. The minimum Gasteiger partial charge on any atom is -0.358 e. The molecule has 0 radical (unpaired) electrons. The third-order valence-electron chi connectivity index (χ3n) is 4.02. The molecule has 0 aliphatic rings. The molecule has 1 atom stereocenters. The molecule has 142 valence electrons. The molecule has 0 aliphatic heterocycles. The average Bonchev–Trinajstić information content (AvgIpc) is 2.60. The Balaban J connectivity index is 2.01. The molecular weight excluding hydrogens is 379 g/mol. The van der Waals surface area contributed by atoms with Gasteiger partial charge < -0.3 is 5.32 Å². The van der Waals surface area contributed by atoms with E-state index in [1.54, 1.807) is 30.3 Å². The molecule has 3 rings (SSSR count). The zero-order valence-corrected chi connectivity index (χ0v) is 15.1. The highest BCUT2D eigenvalue weighted by atomic mass is 32.2. The zero-order chi connectivity index (χ0) is 19.7. The van der Waals surface area contributed by atoms with Gasteiger partial charge in [0.15, 0.2) is 9.84 Å². The van der Waals surface area contributed by atoms with Crippen molar-refractivity contribution in [2.24, 2.45) is 0 Å². The Hall–Kier alpha value is -2.68. The second-order valence-corrected chi connectivity index (χ2v) is 8.12. The quantitative estimate of drug-likeness (QED) is 0.715. The lowest BCUT2D eigenvalue weighted by atomic mass is 10.1. The highest BCUT2D eigenvalue weighted by Gasteiger charge is 2.40. The summed E-state index contributed by atoms with van der Waals surface area (Å²) in [5, 5.41) is 2.63.